The summed E-state index contributed by atoms with van der Waals surface area (Å²) >= 11 is 0. The van der Waals surface area contributed by atoms with Crippen molar-refractivity contribution >= 4 is 18.2 Å². The monoisotopic (exact) mass is 264 g/mol. The molecule has 2 rings (SSSR count). The summed E-state index contributed by atoms with van der Waals surface area (Å²) in [5.41, 5.74) is 5.16. The Labute approximate surface area is 118 Å². The van der Waals surface area contributed by atoms with Gasteiger partial charge in [-0.25, -0.2) is 5.43 Å². The zero-order valence-corrected chi connectivity index (χ0v) is 11.3. The molecule has 3 nitrogen and oxygen atoms in total. The molecule has 0 spiro atoms. The highest BCUT2D eigenvalue weighted by atomic mass is 16.2. The Bertz CT molecular complexity index is 630. The van der Waals surface area contributed by atoms with Crippen molar-refractivity contribution in [3.8, 4) is 0 Å². The molecule has 0 aliphatic rings. The Balaban J connectivity index is 1.89. The number of aryl methyl sites for hydroxylation is 1. The first-order valence-corrected chi connectivity index (χ1v) is 6.38. The summed E-state index contributed by atoms with van der Waals surface area (Å²) in [5, 5.41) is 3.89. The minimum absolute atomic E-state index is 0.201. The quantitative estimate of drug-likeness (QED) is 0.667. The maximum absolute atomic E-state index is 11.8. The normalized spacial score (nSPS) is 11.1. The van der Waals surface area contributed by atoms with Crippen LogP contribution in [0.5, 0.6) is 0 Å². The summed E-state index contributed by atoms with van der Waals surface area (Å²) in [5.74, 6) is -0.201. The van der Waals surface area contributed by atoms with Gasteiger partial charge < -0.3 is 0 Å². The topological polar surface area (TPSA) is 41.5 Å². The number of nitrogens with zero attached hydrogens (tertiary/aromatic N) is 1. The Kier molecular flexibility index (Phi) is 4.84. The van der Waals surface area contributed by atoms with Crippen molar-refractivity contribution < 1.29 is 4.79 Å². The van der Waals surface area contributed by atoms with Crippen LogP contribution in [-0.4, -0.2) is 12.1 Å². The van der Waals surface area contributed by atoms with Crippen LogP contribution in [0.2, 0.25) is 0 Å². The molecule has 100 valence electrons. The Morgan fingerprint density at radius 1 is 1.05 bits per heavy atom. The highest BCUT2D eigenvalue weighted by molar-refractivity contribution is 5.96. The molecule has 0 heterocycles. The highest BCUT2D eigenvalue weighted by Crippen LogP contribution is 2.06. The van der Waals surface area contributed by atoms with Crippen LogP contribution in [0.15, 0.2) is 65.8 Å². The summed E-state index contributed by atoms with van der Waals surface area (Å²) < 4.78 is 0. The molecule has 0 bridgehead atoms. The molecule has 20 heavy (non-hydrogen) atoms. The van der Waals surface area contributed by atoms with Crippen molar-refractivity contribution in [2.45, 2.75) is 6.92 Å². The molecular weight excluding hydrogens is 248 g/mol. The van der Waals surface area contributed by atoms with Crippen molar-refractivity contribution in [3.63, 3.8) is 0 Å². The highest BCUT2D eigenvalue weighted by Gasteiger charge is 2.05. The predicted molar refractivity (Wildman–Crippen MR) is 82.6 cm³/mol. The number of carbonyl (C=O) groups excluding carboxylic acids is 1. The fourth-order valence-electron chi connectivity index (χ4n) is 1.75. The van der Waals surface area contributed by atoms with Crippen LogP contribution in [0.1, 0.15) is 21.5 Å². The lowest BCUT2D eigenvalue weighted by Crippen LogP contribution is -2.18. The van der Waals surface area contributed by atoms with Gasteiger partial charge in [-0.3, -0.25) is 4.79 Å². The van der Waals surface area contributed by atoms with E-state index < -0.39 is 0 Å². The summed E-state index contributed by atoms with van der Waals surface area (Å²) in [4.78, 5) is 11.8. The average molecular weight is 264 g/mol. The molecule has 0 aromatic heterocycles. The minimum atomic E-state index is -0.201. The van der Waals surface area contributed by atoms with Gasteiger partial charge in [-0.15, -0.1) is 0 Å². The van der Waals surface area contributed by atoms with E-state index in [1.54, 1.807) is 18.4 Å². The van der Waals surface area contributed by atoms with Crippen molar-refractivity contribution in [2.24, 2.45) is 5.10 Å². The minimum Gasteiger partial charge on any atom is -0.267 e. The summed E-state index contributed by atoms with van der Waals surface area (Å²) in [6.07, 6.45) is 5.26. The first-order chi connectivity index (χ1) is 9.77. The van der Waals surface area contributed by atoms with Crippen molar-refractivity contribution in [2.75, 3.05) is 0 Å². The van der Waals surface area contributed by atoms with E-state index in [1.165, 1.54) is 0 Å². The van der Waals surface area contributed by atoms with Gasteiger partial charge in [0.2, 0.25) is 0 Å². The molecule has 0 aliphatic carbocycles. The summed E-state index contributed by atoms with van der Waals surface area (Å²) in [6, 6.07) is 17.3. The van der Waals surface area contributed by atoms with Crippen molar-refractivity contribution in [1.82, 2.24) is 5.43 Å². The zero-order chi connectivity index (χ0) is 14.2. The van der Waals surface area contributed by atoms with Gasteiger partial charge in [0, 0.05) is 11.8 Å². The van der Waals surface area contributed by atoms with Crippen LogP contribution in [0.4, 0.5) is 0 Å². The van der Waals surface area contributed by atoms with E-state index in [0.29, 0.717) is 5.56 Å². The van der Waals surface area contributed by atoms with Crippen LogP contribution < -0.4 is 5.43 Å². The molecule has 2 aromatic carbocycles. The SMILES string of the molecule is Cc1ccccc1C(=O)N/N=C/C=C/c1ccccc1. The molecule has 0 radical (unpaired) electrons. The molecule has 0 unspecified atom stereocenters. The van der Waals surface area contributed by atoms with Gasteiger partial charge in [0.1, 0.15) is 0 Å². The van der Waals surface area contributed by atoms with Crippen molar-refractivity contribution in [3.05, 3.63) is 77.4 Å². The largest absolute Gasteiger partial charge is 0.271 e. The van der Waals surface area contributed by atoms with E-state index in [-0.39, 0.29) is 5.91 Å². The average Bonchev–Trinajstić information content (AvgIpc) is 2.48. The number of rotatable bonds is 4. The van der Waals surface area contributed by atoms with Crippen LogP contribution in [0.25, 0.3) is 6.08 Å². The molecule has 3 heteroatoms. The Morgan fingerprint density at radius 3 is 2.50 bits per heavy atom. The third-order valence-corrected chi connectivity index (χ3v) is 2.80. The van der Waals surface area contributed by atoms with Gasteiger partial charge in [-0.05, 0) is 30.2 Å². The number of carbonyl (C=O) groups is 1. The van der Waals surface area contributed by atoms with E-state index in [9.17, 15) is 4.79 Å². The van der Waals surface area contributed by atoms with Crippen LogP contribution in [0, 0.1) is 6.92 Å². The molecule has 0 fully saturated rings. The smallest absolute Gasteiger partial charge is 0.267 e. The first-order valence-electron chi connectivity index (χ1n) is 6.38. The van der Waals surface area contributed by atoms with Crippen LogP contribution in [-0.2, 0) is 0 Å². The van der Waals surface area contributed by atoms with Gasteiger partial charge in [0.15, 0.2) is 0 Å². The van der Waals surface area contributed by atoms with Gasteiger partial charge in [0.25, 0.3) is 5.91 Å². The Morgan fingerprint density at radius 2 is 1.75 bits per heavy atom. The third-order valence-electron chi connectivity index (χ3n) is 2.80. The fraction of sp³-hybridized carbons (Fsp3) is 0.0588. The number of hydrazone groups is 1. The van der Waals surface area contributed by atoms with Gasteiger partial charge in [0.05, 0.1) is 0 Å². The van der Waals surface area contributed by atoms with E-state index in [0.717, 1.165) is 11.1 Å². The maximum atomic E-state index is 11.8. The second kappa shape index (κ2) is 7.04. The number of hydrogen-bond acceptors (Lipinski definition) is 2. The molecule has 1 N–H and O–H groups in total. The third kappa shape index (κ3) is 3.92. The molecule has 0 saturated carbocycles. The molecule has 1 amide bonds. The second-order valence-corrected chi connectivity index (χ2v) is 4.30. The van der Waals surface area contributed by atoms with Gasteiger partial charge in [-0.2, -0.15) is 5.10 Å². The maximum Gasteiger partial charge on any atom is 0.271 e. The second-order valence-electron chi connectivity index (χ2n) is 4.30. The summed E-state index contributed by atoms with van der Waals surface area (Å²) in [7, 11) is 0. The van der Waals surface area contributed by atoms with E-state index >= 15 is 0 Å². The molecule has 0 atom stereocenters. The lowest BCUT2D eigenvalue weighted by molar-refractivity contribution is 0.0954. The molecule has 0 aliphatic heterocycles. The fourth-order valence-corrected chi connectivity index (χ4v) is 1.75. The van der Waals surface area contributed by atoms with E-state index in [4.69, 9.17) is 0 Å². The predicted octanol–water partition coefficient (Wildman–Crippen LogP) is 3.42. The lowest BCUT2D eigenvalue weighted by Gasteiger charge is -2.02. The molecular formula is C17H16N2O. The molecule has 2 aromatic rings. The van der Waals surface area contributed by atoms with Crippen LogP contribution in [0.3, 0.4) is 0 Å². The van der Waals surface area contributed by atoms with Crippen LogP contribution >= 0.6 is 0 Å². The number of benzene rings is 2. The Hall–Kier alpha value is -2.68. The van der Waals surface area contributed by atoms with Gasteiger partial charge in [-0.1, -0.05) is 54.6 Å². The number of allylic oxidation sites excluding steroid dienone is 1. The number of hydrogen-bond donors (Lipinski definition) is 1. The first kappa shape index (κ1) is 13.7. The lowest BCUT2D eigenvalue weighted by atomic mass is 10.1. The van der Waals surface area contributed by atoms with Crippen molar-refractivity contribution in [1.29, 1.82) is 0 Å². The number of nitrogens with one attached hydrogen (secondary N) is 1. The molecule has 0 saturated heterocycles. The number of amides is 1. The van der Waals surface area contributed by atoms with E-state index in [1.807, 2.05) is 61.5 Å². The van der Waals surface area contributed by atoms with E-state index in [2.05, 4.69) is 10.5 Å². The summed E-state index contributed by atoms with van der Waals surface area (Å²) in [6.45, 7) is 1.90. The standard InChI is InChI=1S/C17H16N2O/c1-14-8-5-6-12-16(14)17(20)19-18-13-7-11-15-9-3-2-4-10-15/h2-13H,1H3,(H,19,20)/b11-7+,18-13+. The van der Waals surface area contributed by atoms with Gasteiger partial charge >= 0.3 is 0 Å². The zero-order valence-electron chi connectivity index (χ0n) is 11.3.